The Bertz CT molecular complexity index is 754. The molecule has 0 saturated carbocycles. The van der Waals surface area contributed by atoms with Crippen LogP contribution in [-0.2, 0) is 4.79 Å². The average molecular weight is 414 g/mol. The monoisotopic (exact) mass is 413 g/mol. The van der Waals surface area contributed by atoms with Crippen molar-refractivity contribution in [2.24, 2.45) is 0 Å². The molecule has 0 aliphatic rings. The topological polar surface area (TPSA) is 47.6 Å². The number of carbonyl (C=O) groups excluding carboxylic acids is 1. The number of para-hydroxylation sites is 1. The molecule has 4 nitrogen and oxygen atoms in total. The first-order chi connectivity index (χ1) is 14.0. The van der Waals surface area contributed by atoms with Crippen LogP contribution >= 0.6 is 0 Å². The highest BCUT2D eigenvalue weighted by atomic mass is 16.5. The highest BCUT2D eigenvalue weighted by Crippen LogP contribution is 2.21. The maximum absolute atomic E-state index is 11.4. The van der Waals surface area contributed by atoms with Crippen molar-refractivity contribution >= 4 is 11.6 Å². The number of carbonyl (C=O) groups is 1. The summed E-state index contributed by atoms with van der Waals surface area (Å²) in [6, 6.07) is 17.2. The average Bonchev–Trinajstić information content (AvgIpc) is 2.62. The molecule has 0 atom stereocenters. The van der Waals surface area contributed by atoms with Crippen LogP contribution in [0.25, 0.3) is 0 Å². The summed E-state index contributed by atoms with van der Waals surface area (Å²) in [5.74, 6) is 1.54. The second-order valence-corrected chi connectivity index (χ2v) is 8.26. The van der Waals surface area contributed by atoms with Gasteiger partial charge in [-0.05, 0) is 78.8 Å². The molecule has 30 heavy (non-hydrogen) atoms. The van der Waals surface area contributed by atoms with Crippen LogP contribution in [0.4, 0.5) is 5.69 Å². The number of ether oxygens (including phenoxy) is 2. The van der Waals surface area contributed by atoms with Crippen molar-refractivity contribution in [3.63, 3.8) is 0 Å². The van der Waals surface area contributed by atoms with E-state index in [0.717, 1.165) is 17.2 Å². The van der Waals surface area contributed by atoms with Crippen LogP contribution in [0.15, 0.2) is 66.7 Å². The fourth-order valence-corrected chi connectivity index (χ4v) is 2.17. The number of nitrogens with one attached hydrogen (secondary N) is 1. The Kier molecular flexibility index (Phi) is 12.2. The van der Waals surface area contributed by atoms with E-state index in [9.17, 15) is 4.79 Å². The second kappa shape index (κ2) is 13.5. The van der Waals surface area contributed by atoms with Crippen molar-refractivity contribution < 1.29 is 14.3 Å². The lowest BCUT2D eigenvalue weighted by Gasteiger charge is -2.21. The van der Waals surface area contributed by atoms with Crippen LogP contribution in [0.5, 0.6) is 11.5 Å². The van der Waals surface area contributed by atoms with Crippen molar-refractivity contribution in [1.82, 2.24) is 0 Å². The first-order valence-corrected chi connectivity index (χ1v) is 10.5. The van der Waals surface area contributed by atoms with Gasteiger partial charge in [-0.3, -0.25) is 4.79 Å². The molecular formula is C26H39NO3. The summed E-state index contributed by atoms with van der Waals surface area (Å²) in [5.41, 5.74) is 0.391. The van der Waals surface area contributed by atoms with E-state index >= 15 is 0 Å². The fraction of sp³-hybridized carbons (Fsp3) is 0.423. The molecule has 1 amide bonds. The minimum atomic E-state index is -0.244. The van der Waals surface area contributed by atoms with Crippen molar-refractivity contribution in [3.8, 4) is 11.5 Å². The number of rotatable bonds is 4. The molecule has 0 heterocycles. The van der Waals surface area contributed by atoms with E-state index in [-0.39, 0.29) is 17.1 Å². The van der Waals surface area contributed by atoms with E-state index in [0.29, 0.717) is 0 Å². The SMILES string of the molecule is C/C=C/C(=O)Nc1cccc(OC(C)(C)C)c1.CC.CC(C)(C)Oc1ccccc1. The largest absolute Gasteiger partial charge is 0.488 e. The number of hydrogen-bond donors (Lipinski definition) is 1. The minimum Gasteiger partial charge on any atom is -0.488 e. The lowest BCUT2D eigenvalue weighted by molar-refractivity contribution is -0.111. The molecule has 2 rings (SSSR count). The predicted molar refractivity (Wildman–Crippen MR) is 128 cm³/mol. The van der Waals surface area contributed by atoms with Gasteiger partial charge in [-0.15, -0.1) is 0 Å². The van der Waals surface area contributed by atoms with Crippen LogP contribution in [-0.4, -0.2) is 17.1 Å². The molecule has 0 spiro atoms. The van der Waals surface area contributed by atoms with Crippen LogP contribution in [0.3, 0.4) is 0 Å². The number of anilines is 1. The molecule has 2 aromatic rings. The normalized spacial score (nSPS) is 10.8. The third-order valence-corrected chi connectivity index (χ3v) is 3.01. The first-order valence-electron chi connectivity index (χ1n) is 10.5. The van der Waals surface area contributed by atoms with E-state index in [1.807, 2.05) is 110 Å². The summed E-state index contributed by atoms with van der Waals surface area (Å²) in [4.78, 5) is 11.4. The van der Waals surface area contributed by atoms with Gasteiger partial charge in [0.25, 0.3) is 0 Å². The van der Waals surface area contributed by atoms with Gasteiger partial charge in [0, 0.05) is 11.8 Å². The predicted octanol–water partition coefficient (Wildman–Crippen LogP) is 7.27. The van der Waals surface area contributed by atoms with Crippen LogP contribution < -0.4 is 14.8 Å². The van der Waals surface area contributed by atoms with Crippen molar-refractivity contribution in [2.75, 3.05) is 5.32 Å². The molecule has 1 N–H and O–H groups in total. The van der Waals surface area contributed by atoms with Gasteiger partial charge >= 0.3 is 0 Å². The maximum Gasteiger partial charge on any atom is 0.248 e. The summed E-state index contributed by atoms with van der Waals surface area (Å²) in [6.07, 6.45) is 3.18. The highest BCUT2D eigenvalue weighted by molar-refractivity contribution is 5.99. The van der Waals surface area contributed by atoms with E-state index in [1.54, 1.807) is 13.0 Å². The molecule has 2 aromatic carbocycles. The van der Waals surface area contributed by atoms with Crippen LogP contribution in [0.1, 0.15) is 62.3 Å². The first kappa shape index (κ1) is 27.2. The number of hydrogen-bond acceptors (Lipinski definition) is 3. The van der Waals surface area contributed by atoms with Crippen molar-refractivity contribution in [1.29, 1.82) is 0 Å². The van der Waals surface area contributed by atoms with Gasteiger partial charge in [0.05, 0.1) is 0 Å². The summed E-state index contributed by atoms with van der Waals surface area (Å²) >= 11 is 0. The lowest BCUT2D eigenvalue weighted by atomic mass is 10.2. The highest BCUT2D eigenvalue weighted by Gasteiger charge is 2.12. The Morgan fingerprint density at radius 2 is 1.30 bits per heavy atom. The Hall–Kier alpha value is -2.75. The molecule has 0 saturated heterocycles. The molecule has 166 valence electrons. The molecule has 4 heteroatoms. The number of allylic oxidation sites excluding steroid dienone is 1. The molecule has 0 aliphatic carbocycles. The van der Waals surface area contributed by atoms with Crippen LogP contribution in [0, 0.1) is 0 Å². The van der Waals surface area contributed by atoms with Gasteiger partial charge in [0.2, 0.25) is 5.91 Å². The quantitative estimate of drug-likeness (QED) is 0.536. The lowest BCUT2D eigenvalue weighted by Crippen LogP contribution is -2.23. The Balaban J connectivity index is 0.000000557. The molecule has 0 aromatic heterocycles. The Morgan fingerprint density at radius 1 is 0.800 bits per heavy atom. The molecule has 0 aliphatic heterocycles. The summed E-state index contributed by atoms with van der Waals surface area (Å²) in [5, 5.41) is 2.76. The smallest absolute Gasteiger partial charge is 0.248 e. The standard InChI is InChI=1S/C14H19NO2.C10H14O.C2H6/c1-5-7-13(16)15-11-8-6-9-12(10-11)17-14(2,3)4;1-10(2,3)11-9-7-5-4-6-8-9;1-2/h5-10H,1-4H3,(H,15,16);4-8H,1-3H3;1-2H3/b7-5+;;. The molecule has 0 bridgehead atoms. The van der Waals surface area contributed by atoms with Gasteiger partial charge in [-0.25, -0.2) is 0 Å². The third-order valence-electron chi connectivity index (χ3n) is 3.01. The van der Waals surface area contributed by atoms with Crippen LogP contribution in [0.2, 0.25) is 0 Å². The zero-order valence-corrected chi connectivity index (χ0v) is 20.1. The van der Waals surface area contributed by atoms with E-state index in [1.165, 1.54) is 6.08 Å². The Morgan fingerprint density at radius 3 is 1.80 bits per heavy atom. The number of benzene rings is 2. The van der Waals surface area contributed by atoms with Gasteiger partial charge in [-0.1, -0.05) is 44.2 Å². The third kappa shape index (κ3) is 14.3. The van der Waals surface area contributed by atoms with Gasteiger partial charge in [-0.2, -0.15) is 0 Å². The summed E-state index contributed by atoms with van der Waals surface area (Å²) in [7, 11) is 0. The zero-order chi connectivity index (χ0) is 23.2. The van der Waals surface area contributed by atoms with Crippen molar-refractivity contribution in [2.45, 2.75) is 73.5 Å². The second-order valence-electron chi connectivity index (χ2n) is 8.26. The van der Waals surface area contributed by atoms with E-state index < -0.39 is 0 Å². The summed E-state index contributed by atoms with van der Waals surface area (Å²) in [6.45, 7) is 17.9. The fourth-order valence-electron chi connectivity index (χ4n) is 2.17. The van der Waals surface area contributed by atoms with Gasteiger partial charge < -0.3 is 14.8 Å². The van der Waals surface area contributed by atoms with Crippen molar-refractivity contribution in [3.05, 3.63) is 66.7 Å². The van der Waals surface area contributed by atoms with E-state index in [4.69, 9.17) is 9.47 Å². The zero-order valence-electron chi connectivity index (χ0n) is 20.1. The number of amides is 1. The van der Waals surface area contributed by atoms with Gasteiger partial charge in [0.1, 0.15) is 22.7 Å². The summed E-state index contributed by atoms with van der Waals surface area (Å²) < 4.78 is 11.3. The molecule has 0 radical (unpaired) electrons. The maximum atomic E-state index is 11.4. The van der Waals surface area contributed by atoms with E-state index in [2.05, 4.69) is 5.32 Å². The van der Waals surface area contributed by atoms with Gasteiger partial charge in [0.15, 0.2) is 0 Å². The molecule has 0 unspecified atom stereocenters. The molecular weight excluding hydrogens is 374 g/mol. The Labute approximate surface area is 183 Å². The minimum absolute atomic E-state index is 0.0959. The molecule has 0 fully saturated rings.